The van der Waals surface area contributed by atoms with Crippen molar-refractivity contribution >= 4 is 5.78 Å². The van der Waals surface area contributed by atoms with Crippen LogP contribution in [0, 0.1) is 23.2 Å². The van der Waals surface area contributed by atoms with E-state index in [9.17, 15) is 15.0 Å². The van der Waals surface area contributed by atoms with Gasteiger partial charge in [0.25, 0.3) is 0 Å². The van der Waals surface area contributed by atoms with Gasteiger partial charge in [0, 0.05) is 12.0 Å². The molecule has 0 aromatic heterocycles. The Morgan fingerprint density at radius 3 is 2.76 bits per heavy atom. The Morgan fingerprint density at radius 2 is 2.00 bits per heavy atom. The number of aliphatic hydroxyl groups is 2. The molecule has 3 aliphatic rings. The molecule has 2 N–H and O–H groups in total. The van der Waals surface area contributed by atoms with E-state index in [-0.39, 0.29) is 17.8 Å². The van der Waals surface area contributed by atoms with Crippen LogP contribution in [-0.4, -0.2) is 41.4 Å². The van der Waals surface area contributed by atoms with Crippen molar-refractivity contribution in [1.29, 1.82) is 0 Å². The maximum Gasteiger partial charge on any atom is 0.188 e. The van der Waals surface area contributed by atoms with Crippen molar-refractivity contribution in [1.82, 2.24) is 0 Å². The number of hydrogen-bond acceptors (Lipinski definition) is 4. The Balaban J connectivity index is 1.39. The minimum Gasteiger partial charge on any atom is -0.393 e. The first-order chi connectivity index (χ1) is 16.3. The van der Waals surface area contributed by atoms with Crippen molar-refractivity contribution < 1.29 is 19.7 Å². The van der Waals surface area contributed by atoms with Gasteiger partial charge in [-0.15, -0.1) is 0 Å². The molecule has 6 atom stereocenters. The summed E-state index contributed by atoms with van der Waals surface area (Å²) in [6, 6.07) is 9.36. The molecule has 3 saturated carbocycles. The molecule has 0 bridgehead atoms. The van der Waals surface area contributed by atoms with Crippen molar-refractivity contribution in [3.05, 3.63) is 71.3 Å². The summed E-state index contributed by atoms with van der Waals surface area (Å²) < 4.78 is 5.90. The molecule has 0 radical (unpaired) electrons. The van der Waals surface area contributed by atoms with Gasteiger partial charge in [0.1, 0.15) is 6.61 Å². The third-order valence-corrected chi connectivity index (χ3v) is 8.70. The lowest BCUT2D eigenvalue weighted by Gasteiger charge is -2.44. The quantitative estimate of drug-likeness (QED) is 0.511. The fraction of sp³-hybridized carbons (Fsp3) is 0.567. The van der Waals surface area contributed by atoms with E-state index >= 15 is 0 Å². The second-order valence-corrected chi connectivity index (χ2v) is 10.9. The maximum absolute atomic E-state index is 12.4. The number of benzene rings is 1. The van der Waals surface area contributed by atoms with E-state index in [2.05, 4.69) is 32.6 Å². The maximum atomic E-state index is 12.4. The Morgan fingerprint density at radius 1 is 1.24 bits per heavy atom. The Hall–Kier alpha value is -2.01. The number of hydrogen-bond donors (Lipinski definition) is 2. The molecule has 0 spiro atoms. The SMILES string of the molecule is C=C1/C(=C\C=C2/CCCC3(C)[C@@H]([C@H](C)COCC(=O)c4ccccc4)CC[C@@H]23)C[C@@H](O)C[C@@H]1O. The monoisotopic (exact) mass is 464 g/mol. The summed E-state index contributed by atoms with van der Waals surface area (Å²) in [6.07, 6.45) is 10.1. The zero-order valence-corrected chi connectivity index (χ0v) is 20.7. The number of carbonyl (C=O) groups excluding carboxylic acids is 1. The zero-order valence-electron chi connectivity index (χ0n) is 20.7. The highest BCUT2D eigenvalue weighted by Crippen LogP contribution is 2.59. The standard InChI is InChI=1S/C30H40O4/c1-20(18-34-19-29(33)23-8-5-4-6-9-23)26-13-14-27-22(10-7-15-30(26,27)3)11-12-24-16-25(31)17-28(32)21(24)2/h4-6,8-9,11-12,20,25-28,31-32H,2,7,10,13-19H2,1,3H3/b22-11+,24-12-/t20-,25-,26-,27+,28+,30?/m1/s1. The number of ketones is 1. The Bertz CT molecular complexity index is 946. The third kappa shape index (κ3) is 5.30. The fourth-order valence-electron chi connectivity index (χ4n) is 6.84. The lowest BCUT2D eigenvalue weighted by atomic mass is 9.61. The molecule has 0 heterocycles. The third-order valence-electron chi connectivity index (χ3n) is 8.70. The van der Waals surface area contributed by atoms with Crippen LogP contribution in [-0.2, 0) is 4.74 Å². The first-order valence-electron chi connectivity index (χ1n) is 12.9. The average Bonchev–Trinajstić information content (AvgIpc) is 3.18. The highest BCUT2D eigenvalue weighted by atomic mass is 16.5. The summed E-state index contributed by atoms with van der Waals surface area (Å²) in [5, 5.41) is 20.2. The smallest absolute Gasteiger partial charge is 0.188 e. The molecule has 4 nitrogen and oxygen atoms in total. The number of ether oxygens (including phenoxy) is 1. The molecular formula is C30H40O4. The van der Waals surface area contributed by atoms with Crippen molar-refractivity contribution in [2.45, 2.75) is 71.0 Å². The number of allylic oxidation sites excluding steroid dienone is 3. The molecule has 34 heavy (non-hydrogen) atoms. The fourth-order valence-corrected chi connectivity index (χ4v) is 6.84. The summed E-state index contributed by atoms with van der Waals surface area (Å²) in [7, 11) is 0. The van der Waals surface area contributed by atoms with Crippen molar-refractivity contribution in [3.63, 3.8) is 0 Å². The molecule has 4 heteroatoms. The van der Waals surface area contributed by atoms with Gasteiger partial charge >= 0.3 is 0 Å². The molecule has 0 saturated heterocycles. The number of Topliss-reactive ketones (excluding diaryl/α,β-unsaturated/α-hetero) is 1. The van der Waals surface area contributed by atoms with E-state index < -0.39 is 12.2 Å². The van der Waals surface area contributed by atoms with E-state index in [1.807, 2.05) is 30.3 Å². The molecule has 184 valence electrons. The average molecular weight is 465 g/mol. The Kier molecular flexibility index (Phi) is 7.91. The first-order valence-corrected chi connectivity index (χ1v) is 12.9. The summed E-state index contributed by atoms with van der Waals surface area (Å²) in [5.74, 6) is 1.58. The molecule has 3 fully saturated rings. The van der Waals surface area contributed by atoms with E-state index in [1.54, 1.807) is 0 Å². The highest BCUT2D eigenvalue weighted by Gasteiger charge is 2.50. The molecule has 1 aromatic rings. The van der Waals surface area contributed by atoms with Crippen LogP contribution in [0.5, 0.6) is 0 Å². The van der Waals surface area contributed by atoms with E-state index in [0.29, 0.717) is 42.8 Å². The number of carbonyl (C=O) groups is 1. The van der Waals surface area contributed by atoms with Crippen molar-refractivity contribution in [2.24, 2.45) is 23.2 Å². The largest absolute Gasteiger partial charge is 0.393 e. The van der Waals surface area contributed by atoms with Gasteiger partial charge in [0.05, 0.1) is 18.8 Å². The Labute approximate surface area is 204 Å². The predicted octanol–water partition coefficient (Wildman–Crippen LogP) is 5.66. The number of rotatable bonds is 7. The van der Waals surface area contributed by atoms with Crippen molar-refractivity contribution in [3.8, 4) is 0 Å². The van der Waals surface area contributed by atoms with Gasteiger partial charge in [0.2, 0.25) is 0 Å². The van der Waals surface area contributed by atoms with Crippen LogP contribution in [0.2, 0.25) is 0 Å². The molecule has 1 unspecified atom stereocenters. The summed E-state index contributed by atoms with van der Waals surface area (Å²) in [5.41, 5.74) is 4.18. The summed E-state index contributed by atoms with van der Waals surface area (Å²) in [4.78, 5) is 12.4. The molecule has 0 amide bonds. The highest BCUT2D eigenvalue weighted by molar-refractivity contribution is 5.96. The number of aliphatic hydroxyl groups excluding tert-OH is 2. The minimum absolute atomic E-state index is 0.0405. The molecule has 0 aliphatic heterocycles. The van der Waals surface area contributed by atoms with Crippen LogP contribution >= 0.6 is 0 Å². The van der Waals surface area contributed by atoms with Gasteiger partial charge in [-0.2, -0.15) is 0 Å². The van der Waals surface area contributed by atoms with E-state index in [4.69, 9.17) is 4.74 Å². The van der Waals surface area contributed by atoms with Crippen LogP contribution in [0.1, 0.15) is 69.2 Å². The van der Waals surface area contributed by atoms with Crippen LogP contribution in [0.15, 0.2) is 65.8 Å². The lowest BCUT2D eigenvalue weighted by Crippen LogP contribution is -2.37. The topological polar surface area (TPSA) is 66.8 Å². The molecular weight excluding hydrogens is 424 g/mol. The second kappa shape index (κ2) is 10.7. The van der Waals surface area contributed by atoms with Crippen LogP contribution < -0.4 is 0 Å². The zero-order chi connectivity index (χ0) is 24.3. The van der Waals surface area contributed by atoms with Crippen LogP contribution in [0.4, 0.5) is 0 Å². The lowest BCUT2D eigenvalue weighted by molar-refractivity contribution is 0.0333. The van der Waals surface area contributed by atoms with Crippen molar-refractivity contribution in [2.75, 3.05) is 13.2 Å². The van der Waals surface area contributed by atoms with Gasteiger partial charge in [-0.1, -0.05) is 68.5 Å². The summed E-state index contributed by atoms with van der Waals surface area (Å²) in [6.45, 7) is 9.54. The van der Waals surface area contributed by atoms with Gasteiger partial charge in [-0.05, 0) is 72.8 Å². The molecule has 4 rings (SSSR count). The summed E-state index contributed by atoms with van der Waals surface area (Å²) >= 11 is 0. The van der Waals surface area contributed by atoms with Crippen LogP contribution in [0.3, 0.4) is 0 Å². The van der Waals surface area contributed by atoms with E-state index in [1.165, 1.54) is 31.3 Å². The van der Waals surface area contributed by atoms with E-state index in [0.717, 1.165) is 17.6 Å². The van der Waals surface area contributed by atoms with Gasteiger partial charge in [-0.25, -0.2) is 0 Å². The van der Waals surface area contributed by atoms with Gasteiger partial charge in [0.15, 0.2) is 5.78 Å². The van der Waals surface area contributed by atoms with Crippen LogP contribution in [0.25, 0.3) is 0 Å². The normalized spacial score (nSPS) is 34.9. The van der Waals surface area contributed by atoms with Gasteiger partial charge in [-0.3, -0.25) is 4.79 Å². The minimum atomic E-state index is -0.643. The second-order valence-electron chi connectivity index (χ2n) is 10.9. The predicted molar refractivity (Wildman–Crippen MR) is 135 cm³/mol. The molecule has 1 aromatic carbocycles. The molecule has 3 aliphatic carbocycles. The number of fused-ring (bicyclic) bond motifs is 1. The van der Waals surface area contributed by atoms with Gasteiger partial charge < -0.3 is 14.9 Å². The first kappa shape index (κ1) is 25.1.